The van der Waals surface area contributed by atoms with Crippen LogP contribution in [0.2, 0.25) is 0 Å². The van der Waals surface area contributed by atoms with Crippen LogP contribution in [0.3, 0.4) is 0 Å². The van der Waals surface area contributed by atoms with E-state index in [9.17, 15) is 0 Å². The van der Waals surface area contributed by atoms with E-state index in [4.69, 9.17) is 10.5 Å². The molecule has 0 unspecified atom stereocenters. The normalized spacial score (nSPS) is 12.2. The monoisotopic (exact) mass is 271 g/mol. The zero-order valence-corrected chi connectivity index (χ0v) is 12.9. The topological polar surface area (TPSA) is 35.2 Å². The zero-order chi connectivity index (χ0) is 13.0. The summed E-state index contributed by atoms with van der Waals surface area (Å²) >= 11 is 0. The number of halogens is 1. The standard InChI is InChI=1S/C15H25NO.ClH/c1-10(2)6-7-14(16)13-8-11(3)15(17-5)12(4)9-13;/h8-10,14H,6-7,16H2,1-5H3;1H/t14-;/m1./s1. The van der Waals surface area contributed by atoms with E-state index in [0.29, 0.717) is 5.92 Å². The summed E-state index contributed by atoms with van der Waals surface area (Å²) in [6, 6.07) is 4.44. The van der Waals surface area contributed by atoms with Crippen molar-refractivity contribution in [2.75, 3.05) is 7.11 Å². The number of ether oxygens (including phenoxy) is 1. The van der Waals surface area contributed by atoms with Crippen LogP contribution in [0.4, 0.5) is 0 Å². The van der Waals surface area contributed by atoms with Gasteiger partial charge >= 0.3 is 0 Å². The molecule has 0 heterocycles. The predicted molar refractivity (Wildman–Crippen MR) is 80.7 cm³/mol. The van der Waals surface area contributed by atoms with Crippen molar-refractivity contribution in [1.82, 2.24) is 0 Å². The first kappa shape index (κ1) is 17.3. The molecule has 0 fully saturated rings. The van der Waals surface area contributed by atoms with Crippen LogP contribution in [0.1, 0.15) is 49.4 Å². The van der Waals surface area contributed by atoms with E-state index in [0.717, 1.165) is 12.2 Å². The lowest BCUT2D eigenvalue weighted by Crippen LogP contribution is -2.12. The number of aryl methyl sites for hydroxylation is 2. The highest BCUT2D eigenvalue weighted by Crippen LogP contribution is 2.28. The number of hydrogen-bond acceptors (Lipinski definition) is 2. The third-order valence-corrected chi connectivity index (χ3v) is 3.17. The fraction of sp³-hybridized carbons (Fsp3) is 0.600. The number of methoxy groups -OCH3 is 1. The molecule has 104 valence electrons. The minimum absolute atomic E-state index is 0. The lowest BCUT2D eigenvalue weighted by molar-refractivity contribution is 0.408. The van der Waals surface area contributed by atoms with Gasteiger partial charge in [0.05, 0.1) is 7.11 Å². The molecule has 0 spiro atoms. The molecule has 0 radical (unpaired) electrons. The van der Waals surface area contributed by atoms with Crippen LogP contribution >= 0.6 is 12.4 Å². The molecule has 0 aliphatic rings. The molecule has 0 amide bonds. The average molecular weight is 272 g/mol. The van der Waals surface area contributed by atoms with Gasteiger partial charge in [-0.25, -0.2) is 0 Å². The molecule has 0 aromatic heterocycles. The predicted octanol–water partition coefficient (Wildman–Crippen LogP) is 4.17. The Labute approximate surface area is 117 Å². The van der Waals surface area contributed by atoms with Crippen LogP contribution < -0.4 is 10.5 Å². The molecule has 2 N–H and O–H groups in total. The van der Waals surface area contributed by atoms with Gasteiger partial charge < -0.3 is 10.5 Å². The first-order chi connectivity index (χ1) is 7.95. The Bertz CT molecular complexity index is 354. The molecule has 1 aromatic rings. The number of nitrogens with two attached hydrogens (primary N) is 1. The van der Waals surface area contributed by atoms with Crippen LogP contribution in [0.5, 0.6) is 5.75 Å². The van der Waals surface area contributed by atoms with Crippen LogP contribution in [-0.4, -0.2) is 7.11 Å². The summed E-state index contributed by atoms with van der Waals surface area (Å²) in [5, 5.41) is 0. The number of benzene rings is 1. The maximum Gasteiger partial charge on any atom is 0.124 e. The van der Waals surface area contributed by atoms with Crippen LogP contribution in [-0.2, 0) is 0 Å². The van der Waals surface area contributed by atoms with Crippen molar-refractivity contribution in [3.05, 3.63) is 28.8 Å². The largest absolute Gasteiger partial charge is 0.496 e. The minimum Gasteiger partial charge on any atom is -0.496 e. The quantitative estimate of drug-likeness (QED) is 0.872. The highest BCUT2D eigenvalue weighted by Gasteiger charge is 2.11. The Hall–Kier alpha value is -0.730. The van der Waals surface area contributed by atoms with Gasteiger partial charge in [0.15, 0.2) is 0 Å². The molecule has 0 aliphatic heterocycles. The SMILES string of the molecule is COc1c(C)cc([C@H](N)CCC(C)C)cc1C.Cl. The first-order valence-electron chi connectivity index (χ1n) is 6.36. The van der Waals surface area contributed by atoms with Crippen LogP contribution in [0.25, 0.3) is 0 Å². The van der Waals surface area contributed by atoms with E-state index in [-0.39, 0.29) is 18.4 Å². The highest BCUT2D eigenvalue weighted by atomic mass is 35.5. The van der Waals surface area contributed by atoms with E-state index in [1.165, 1.54) is 23.1 Å². The van der Waals surface area contributed by atoms with Crippen molar-refractivity contribution in [2.24, 2.45) is 11.7 Å². The fourth-order valence-corrected chi connectivity index (χ4v) is 2.20. The van der Waals surface area contributed by atoms with Crippen LogP contribution in [0, 0.1) is 19.8 Å². The summed E-state index contributed by atoms with van der Waals surface area (Å²) in [6.07, 6.45) is 2.22. The summed E-state index contributed by atoms with van der Waals surface area (Å²) in [6.45, 7) is 8.61. The summed E-state index contributed by atoms with van der Waals surface area (Å²) < 4.78 is 5.37. The van der Waals surface area contributed by atoms with Gasteiger partial charge in [0, 0.05) is 6.04 Å². The second-order valence-electron chi connectivity index (χ2n) is 5.27. The van der Waals surface area contributed by atoms with Crippen molar-refractivity contribution < 1.29 is 4.74 Å². The van der Waals surface area contributed by atoms with Gasteiger partial charge in [0.2, 0.25) is 0 Å². The van der Waals surface area contributed by atoms with E-state index in [2.05, 4.69) is 39.8 Å². The molecule has 1 rings (SSSR count). The second kappa shape index (κ2) is 7.65. The maximum absolute atomic E-state index is 6.23. The fourth-order valence-electron chi connectivity index (χ4n) is 2.20. The van der Waals surface area contributed by atoms with Gasteiger partial charge in [-0.1, -0.05) is 26.0 Å². The molecule has 3 heteroatoms. The molecule has 0 bridgehead atoms. The zero-order valence-electron chi connectivity index (χ0n) is 12.1. The Kier molecular flexibility index (Phi) is 7.34. The third kappa shape index (κ3) is 4.51. The summed E-state index contributed by atoms with van der Waals surface area (Å²) in [5.74, 6) is 1.69. The Morgan fingerprint density at radius 2 is 1.61 bits per heavy atom. The smallest absolute Gasteiger partial charge is 0.124 e. The molecular formula is C15H26ClNO. The van der Waals surface area contributed by atoms with Gasteiger partial charge in [-0.3, -0.25) is 0 Å². The number of rotatable bonds is 5. The van der Waals surface area contributed by atoms with E-state index >= 15 is 0 Å². The van der Waals surface area contributed by atoms with E-state index in [1.54, 1.807) is 7.11 Å². The van der Waals surface area contributed by atoms with Crippen LogP contribution in [0.15, 0.2) is 12.1 Å². The van der Waals surface area contributed by atoms with Gasteiger partial charge in [-0.15, -0.1) is 12.4 Å². The number of hydrogen-bond donors (Lipinski definition) is 1. The van der Waals surface area contributed by atoms with Gasteiger partial charge in [-0.05, 0) is 49.3 Å². The van der Waals surface area contributed by atoms with E-state index < -0.39 is 0 Å². The van der Waals surface area contributed by atoms with Crippen molar-refractivity contribution in [2.45, 2.75) is 46.6 Å². The lowest BCUT2D eigenvalue weighted by Gasteiger charge is -2.17. The molecular weight excluding hydrogens is 246 g/mol. The maximum atomic E-state index is 6.23. The van der Waals surface area contributed by atoms with Gasteiger partial charge in [-0.2, -0.15) is 0 Å². The molecule has 18 heavy (non-hydrogen) atoms. The second-order valence-corrected chi connectivity index (χ2v) is 5.27. The molecule has 0 saturated heterocycles. The third-order valence-electron chi connectivity index (χ3n) is 3.17. The Morgan fingerprint density at radius 1 is 1.11 bits per heavy atom. The molecule has 2 nitrogen and oxygen atoms in total. The van der Waals surface area contributed by atoms with Crippen molar-refractivity contribution in [1.29, 1.82) is 0 Å². The molecule has 0 aliphatic carbocycles. The van der Waals surface area contributed by atoms with Gasteiger partial charge in [0.1, 0.15) is 5.75 Å². The molecule has 1 atom stereocenters. The van der Waals surface area contributed by atoms with Crippen molar-refractivity contribution in [3.63, 3.8) is 0 Å². The summed E-state index contributed by atoms with van der Waals surface area (Å²) in [7, 11) is 1.72. The van der Waals surface area contributed by atoms with Crippen molar-refractivity contribution >= 4 is 12.4 Å². The lowest BCUT2D eigenvalue weighted by atomic mass is 9.95. The first-order valence-corrected chi connectivity index (χ1v) is 6.36. The molecule has 0 saturated carbocycles. The van der Waals surface area contributed by atoms with E-state index in [1.807, 2.05) is 0 Å². The molecule has 1 aromatic carbocycles. The average Bonchev–Trinajstić information content (AvgIpc) is 2.25. The summed E-state index contributed by atoms with van der Waals surface area (Å²) in [4.78, 5) is 0. The van der Waals surface area contributed by atoms with Crippen molar-refractivity contribution in [3.8, 4) is 5.75 Å². The minimum atomic E-state index is 0. The Morgan fingerprint density at radius 3 is 2.00 bits per heavy atom. The van der Waals surface area contributed by atoms with Gasteiger partial charge in [0.25, 0.3) is 0 Å². The highest BCUT2D eigenvalue weighted by molar-refractivity contribution is 5.85. The Balaban J connectivity index is 0.00000289. The summed E-state index contributed by atoms with van der Waals surface area (Å²) in [5.41, 5.74) is 9.79.